The Morgan fingerprint density at radius 3 is 2.46 bits per heavy atom. The monoisotopic (exact) mass is 374 g/mol. The lowest BCUT2D eigenvalue weighted by molar-refractivity contribution is -0.142. The molecule has 0 unspecified atom stereocenters. The largest absolute Gasteiger partial charge is 0.455 e. The summed E-state index contributed by atoms with van der Waals surface area (Å²) in [6.45, 7) is -0.412. The highest BCUT2D eigenvalue weighted by Crippen LogP contribution is 2.28. The maximum absolute atomic E-state index is 12.1. The number of amides is 1. The van der Waals surface area contributed by atoms with Crippen molar-refractivity contribution in [2.75, 3.05) is 11.9 Å². The van der Waals surface area contributed by atoms with E-state index >= 15 is 0 Å². The lowest BCUT2D eigenvalue weighted by Gasteiger charge is -2.12. The Morgan fingerprint density at radius 2 is 1.68 bits per heavy atom. The zero-order valence-corrected chi connectivity index (χ0v) is 14.9. The molecule has 0 aliphatic carbocycles. The van der Waals surface area contributed by atoms with Gasteiger partial charge in [-0.2, -0.15) is 0 Å². The van der Waals surface area contributed by atoms with E-state index in [0.717, 1.165) is 0 Å². The number of anilines is 1. The molecular weight excluding hydrogens is 356 g/mol. The molecule has 0 saturated carbocycles. The molecule has 0 aliphatic rings. The van der Waals surface area contributed by atoms with Crippen molar-refractivity contribution in [3.8, 4) is 11.5 Å². The fourth-order valence-electron chi connectivity index (χ4n) is 2.27. The molecule has 0 aliphatic heterocycles. The van der Waals surface area contributed by atoms with Crippen molar-refractivity contribution >= 4 is 23.6 Å². The number of ether oxygens (including phenoxy) is 2. The molecule has 0 fully saturated rings. The highest BCUT2D eigenvalue weighted by atomic mass is 16.5. The van der Waals surface area contributed by atoms with E-state index in [0.29, 0.717) is 22.9 Å². The normalized spacial score (nSPS) is 10.4. The van der Waals surface area contributed by atoms with Crippen molar-refractivity contribution in [1.82, 2.24) is 4.98 Å². The first-order valence-corrected chi connectivity index (χ1v) is 8.58. The molecule has 140 valence electrons. The van der Waals surface area contributed by atoms with Gasteiger partial charge in [-0.3, -0.25) is 9.78 Å². The second-order valence-electron chi connectivity index (χ2n) is 5.66. The summed E-state index contributed by atoms with van der Waals surface area (Å²) >= 11 is 0. The van der Waals surface area contributed by atoms with Crippen LogP contribution in [0.15, 0.2) is 85.1 Å². The summed E-state index contributed by atoms with van der Waals surface area (Å²) in [4.78, 5) is 27.9. The van der Waals surface area contributed by atoms with Gasteiger partial charge in [-0.1, -0.05) is 36.4 Å². The maximum Gasteiger partial charge on any atom is 0.331 e. The number of benzene rings is 2. The van der Waals surface area contributed by atoms with Gasteiger partial charge in [-0.25, -0.2) is 4.79 Å². The van der Waals surface area contributed by atoms with E-state index < -0.39 is 18.5 Å². The molecule has 6 nitrogen and oxygen atoms in total. The van der Waals surface area contributed by atoms with Crippen molar-refractivity contribution in [2.45, 2.75) is 0 Å². The zero-order chi connectivity index (χ0) is 19.6. The third-order valence-corrected chi connectivity index (χ3v) is 3.56. The number of carbonyl (C=O) groups is 2. The van der Waals surface area contributed by atoms with Crippen LogP contribution in [-0.4, -0.2) is 23.5 Å². The summed E-state index contributed by atoms with van der Waals surface area (Å²) < 4.78 is 10.7. The van der Waals surface area contributed by atoms with E-state index in [-0.39, 0.29) is 0 Å². The van der Waals surface area contributed by atoms with E-state index in [4.69, 9.17) is 9.47 Å². The van der Waals surface area contributed by atoms with E-state index in [2.05, 4.69) is 10.3 Å². The summed E-state index contributed by atoms with van der Waals surface area (Å²) in [5.74, 6) is 0.0389. The van der Waals surface area contributed by atoms with E-state index in [1.807, 2.05) is 30.3 Å². The number of hydrogen-bond acceptors (Lipinski definition) is 5. The number of para-hydroxylation sites is 3. The quantitative estimate of drug-likeness (QED) is 0.498. The number of hydrogen-bond donors (Lipinski definition) is 1. The molecule has 3 aromatic rings. The van der Waals surface area contributed by atoms with Gasteiger partial charge in [0.25, 0.3) is 5.91 Å². The number of rotatable bonds is 7. The highest BCUT2D eigenvalue weighted by molar-refractivity contribution is 5.95. The SMILES string of the molecule is O=C(COC(=O)C=Cc1ccccn1)Nc1ccccc1Oc1ccccc1. The standard InChI is InChI=1S/C22H18N2O4/c25-21(16-27-22(26)14-13-17-8-6-7-15-23-17)24-19-11-4-5-12-20(19)28-18-9-2-1-3-10-18/h1-15H,16H2,(H,24,25). The average molecular weight is 374 g/mol. The van der Waals surface area contributed by atoms with E-state index in [9.17, 15) is 9.59 Å². The summed E-state index contributed by atoms with van der Waals surface area (Å²) in [6.07, 6.45) is 4.36. The van der Waals surface area contributed by atoms with E-state index in [1.54, 1.807) is 48.7 Å². The van der Waals surface area contributed by atoms with Gasteiger partial charge in [0.1, 0.15) is 5.75 Å². The van der Waals surface area contributed by atoms with Crippen LogP contribution in [0.5, 0.6) is 11.5 Å². The lowest BCUT2D eigenvalue weighted by Crippen LogP contribution is -2.20. The second kappa shape index (κ2) is 9.68. The summed E-state index contributed by atoms with van der Waals surface area (Å²) in [5, 5.41) is 2.68. The number of pyridine rings is 1. The van der Waals surface area contributed by atoms with Gasteiger partial charge >= 0.3 is 5.97 Å². The van der Waals surface area contributed by atoms with Crippen LogP contribution in [0, 0.1) is 0 Å². The molecule has 1 aromatic heterocycles. The minimum absolute atomic E-state index is 0.412. The molecule has 1 amide bonds. The number of carbonyl (C=O) groups excluding carboxylic acids is 2. The van der Waals surface area contributed by atoms with Crippen LogP contribution in [0.4, 0.5) is 5.69 Å². The van der Waals surface area contributed by atoms with Crippen molar-refractivity contribution in [3.05, 3.63) is 90.8 Å². The Labute approximate surface area is 162 Å². The third kappa shape index (κ3) is 5.81. The van der Waals surface area contributed by atoms with Gasteiger partial charge in [0.15, 0.2) is 12.4 Å². The van der Waals surface area contributed by atoms with Crippen LogP contribution >= 0.6 is 0 Å². The van der Waals surface area contributed by atoms with Gasteiger partial charge in [0.05, 0.1) is 11.4 Å². The van der Waals surface area contributed by atoms with Crippen LogP contribution < -0.4 is 10.1 Å². The van der Waals surface area contributed by atoms with Gasteiger partial charge in [0.2, 0.25) is 0 Å². The van der Waals surface area contributed by atoms with Crippen molar-refractivity contribution in [2.24, 2.45) is 0 Å². The smallest absolute Gasteiger partial charge is 0.331 e. The molecule has 0 saturated heterocycles. The minimum Gasteiger partial charge on any atom is -0.455 e. The first-order chi connectivity index (χ1) is 13.7. The van der Waals surface area contributed by atoms with Gasteiger partial charge in [-0.05, 0) is 42.5 Å². The molecule has 0 radical (unpaired) electrons. The molecule has 6 heteroatoms. The molecular formula is C22H18N2O4. The molecule has 2 aromatic carbocycles. The minimum atomic E-state index is -0.630. The summed E-state index contributed by atoms with van der Waals surface area (Å²) in [7, 11) is 0. The Kier molecular flexibility index (Phi) is 6.52. The van der Waals surface area contributed by atoms with E-state index in [1.165, 1.54) is 12.2 Å². The Balaban J connectivity index is 1.53. The van der Waals surface area contributed by atoms with Gasteiger partial charge in [0, 0.05) is 12.3 Å². The second-order valence-corrected chi connectivity index (χ2v) is 5.66. The first-order valence-electron chi connectivity index (χ1n) is 8.58. The van der Waals surface area contributed by atoms with Crippen LogP contribution in [0.2, 0.25) is 0 Å². The van der Waals surface area contributed by atoms with Crippen molar-refractivity contribution in [3.63, 3.8) is 0 Å². The molecule has 0 atom stereocenters. The predicted molar refractivity (Wildman–Crippen MR) is 106 cm³/mol. The number of esters is 1. The number of nitrogens with one attached hydrogen (secondary N) is 1. The fourth-order valence-corrected chi connectivity index (χ4v) is 2.27. The van der Waals surface area contributed by atoms with Crippen LogP contribution in [-0.2, 0) is 14.3 Å². The molecule has 0 spiro atoms. The topological polar surface area (TPSA) is 77.5 Å². The molecule has 1 N–H and O–H groups in total. The Hall–Kier alpha value is -3.93. The average Bonchev–Trinajstić information content (AvgIpc) is 2.74. The Morgan fingerprint density at radius 1 is 0.929 bits per heavy atom. The highest BCUT2D eigenvalue weighted by Gasteiger charge is 2.10. The summed E-state index contributed by atoms with van der Waals surface area (Å²) in [5.41, 5.74) is 1.10. The Bertz CT molecular complexity index is 957. The molecule has 28 heavy (non-hydrogen) atoms. The first kappa shape index (κ1) is 18.8. The molecule has 3 rings (SSSR count). The predicted octanol–water partition coefficient (Wildman–Crippen LogP) is 4.07. The third-order valence-electron chi connectivity index (χ3n) is 3.56. The van der Waals surface area contributed by atoms with Crippen molar-refractivity contribution < 1.29 is 19.1 Å². The molecule has 0 bridgehead atoms. The van der Waals surface area contributed by atoms with Crippen LogP contribution in [0.25, 0.3) is 6.08 Å². The van der Waals surface area contributed by atoms with Gasteiger partial charge in [-0.15, -0.1) is 0 Å². The van der Waals surface area contributed by atoms with Crippen molar-refractivity contribution in [1.29, 1.82) is 0 Å². The van der Waals surface area contributed by atoms with Crippen LogP contribution in [0.3, 0.4) is 0 Å². The van der Waals surface area contributed by atoms with Gasteiger partial charge < -0.3 is 14.8 Å². The van der Waals surface area contributed by atoms with Crippen LogP contribution in [0.1, 0.15) is 5.69 Å². The zero-order valence-electron chi connectivity index (χ0n) is 14.9. The number of nitrogens with zero attached hydrogens (tertiary/aromatic N) is 1. The number of aromatic nitrogens is 1. The maximum atomic E-state index is 12.1. The fraction of sp³-hybridized carbons (Fsp3) is 0.0455. The lowest BCUT2D eigenvalue weighted by atomic mass is 10.3. The molecule has 1 heterocycles. The summed E-state index contributed by atoms with van der Waals surface area (Å²) in [6, 6.07) is 21.6.